The summed E-state index contributed by atoms with van der Waals surface area (Å²) in [4.78, 5) is 14.6. The van der Waals surface area contributed by atoms with Gasteiger partial charge in [0.2, 0.25) is 0 Å². The molecule has 4 heterocycles. The summed E-state index contributed by atoms with van der Waals surface area (Å²) < 4.78 is 6.35. The molecule has 7 heteroatoms. The summed E-state index contributed by atoms with van der Waals surface area (Å²) in [5.74, 6) is 0.842. The fourth-order valence-electron chi connectivity index (χ4n) is 5.70. The third kappa shape index (κ3) is 5.65. The van der Waals surface area contributed by atoms with Crippen molar-refractivity contribution >= 4 is 27.3 Å². The Bertz CT molecular complexity index is 1440. The Hall–Kier alpha value is -3.42. The number of aryl methyl sites for hydroxylation is 2. The van der Waals surface area contributed by atoms with Gasteiger partial charge >= 0.3 is 0 Å². The number of halogens is 1. The monoisotopic (exact) mass is 584 g/mol. The van der Waals surface area contributed by atoms with Gasteiger partial charge in [0.1, 0.15) is 5.75 Å². The number of methoxy groups -OCH3 is 1. The first kappa shape index (κ1) is 25.8. The smallest absolute Gasteiger partial charge is 0.118 e. The molecule has 0 fully saturated rings. The third-order valence-corrected chi connectivity index (χ3v) is 8.18. The zero-order chi connectivity index (χ0) is 26.8. The van der Waals surface area contributed by atoms with Crippen molar-refractivity contribution in [3.63, 3.8) is 0 Å². The van der Waals surface area contributed by atoms with Crippen LogP contribution in [0, 0.1) is 0 Å². The molecule has 200 valence electrons. The molecule has 2 aliphatic heterocycles. The van der Waals surface area contributed by atoms with Gasteiger partial charge in [-0.25, -0.2) is 0 Å². The van der Waals surface area contributed by atoms with Crippen LogP contribution in [0.25, 0.3) is 22.5 Å². The van der Waals surface area contributed by atoms with Gasteiger partial charge in [0, 0.05) is 41.8 Å². The van der Waals surface area contributed by atoms with E-state index in [1.165, 1.54) is 0 Å². The Morgan fingerprint density at radius 2 is 1.23 bits per heavy atom. The van der Waals surface area contributed by atoms with Gasteiger partial charge < -0.3 is 19.6 Å². The summed E-state index contributed by atoms with van der Waals surface area (Å²) in [5, 5.41) is 11.2. The number of nitrogens with zero attached hydrogens (tertiary/aromatic N) is 4. The molecule has 2 aromatic carbocycles. The van der Waals surface area contributed by atoms with Crippen LogP contribution in [-0.2, 0) is 12.8 Å². The van der Waals surface area contributed by atoms with Gasteiger partial charge in [0.15, 0.2) is 0 Å². The molecule has 0 aliphatic carbocycles. The van der Waals surface area contributed by atoms with Crippen LogP contribution in [0.3, 0.4) is 0 Å². The highest BCUT2D eigenvalue weighted by molar-refractivity contribution is 9.10. The molecule has 1 N–H and O–H groups in total. The van der Waals surface area contributed by atoms with Crippen molar-refractivity contribution in [1.29, 1.82) is 0 Å². The number of β-amino-alcohol motifs (C(OH)–C–C–N with tert-alkyl or cyclic N) is 1. The number of rotatable bonds is 7. The number of anilines is 2. The van der Waals surface area contributed by atoms with Crippen LogP contribution in [0.15, 0.2) is 77.3 Å². The summed E-state index contributed by atoms with van der Waals surface area (Å²) in [6, 6.07) is 24.8. The first-order valence-electron chi connectivity index (χ1n) is 13.7. The molecule has 0 saturated heterocycles. The van der Waals surface area contributed by atoms with Crippen LogP contribution in [0.1, 0.15) is 24.2 Å². The molecule has 0 saturated carbocycles. The van der Waals surface area contributed by atoms with Crippen molar-refractivity contribution in [2.75, 3.05) is 43.1 Å². The fourth-order valence-corrected chi connectivity index (χ4v) is 5.96. The second kappa shape index (κ2) is 11.4. The van der Waals surface area contributed by atoms with Crippen molar-refractivity contribution in [3.05, 3.63) is 88.7 Å². The highest BCUT2D eigenvalue weighted by atomic mass is 79.9. The number of aliphatic hydroxyl groups is 1. The second-order valence-corrected chi connectivity index (χ2v) is 11.2. The van der Waals surface area contributed by atoms with Gasteiger partial charge in [0.05, 0.1) is 47.4 Å². The van der Waals surface area contributed by atoms with Crippen molar-refractivity contribution in [2.45, 2.75) is 31.8 Å². The van der Waals surface area contributed by atoms with Crippen molar-refractivity contribution in [1.82, 2.24) is 9.97 Å². The van der Waals surface area contributed by atoms with Crippen LogP contribution >= 0.6 is 15.9 Å². The summed E-state index contributed by atoms with van der Waals surface area (Å²) in [7, 11) is 1.68. The Labute approximate surface area is 238 Å². The quantitative estimate of drug-likeness (QED) is 0.281. The summed E-state index contributed by atoms with van der Waals surface area (Å²) in [6.45, 7) is 3.05. The first-order valence-corrected chi connectivity index (χ1v) is 14.4. The van der Waals surface area contributed by atoms with Crippen molar-refractivity contribution in [2.24, 2.45) is 0 Å². The van der Waals surface area contributed by atoms with E-state index in [2.05, 4.69) is 62.1 Å². The highest BCUT2D eigenvalue weighted by Gasteiger charge is 2.25. The average Bonchev–Trinajstić information content (AvgIpc) is 2.97. The number of hydrogen-bond donors (Lipinski definition) is 1. The van der Waals surface area contributed by atoms with Crippen LogP contribution in [-0.4, -0.2) is 54.5 Å². The van der Waals surface area contributed by atoms with Crippen LogP contribution in [0.4, 0.5) is 11.4 Å². The van der Waals surface area contributed by atoms with E-state index in [0.717, 1.165) is 94.3 Å². The largest absolute Gasteiger partial charge is 0.497 e. The molecule has 4 aromatic rings. The minimum Gasteiger partial charge on any atom is -0.497 e. The maximum absolute atomic E-state index is 11.2. The summed E-state index contributed by atoms with van der Waals surface area (Å²) in [5.41, 5.74) is 8.67. The number of ether oxygens (including phenoxy) is 1. The van der Waals surface area contributed by atoms with Crippen LogP contribution in [0.5, 0.6) is 5.75 Å². The van der Waals surface area contributed by atoms with E-state index in [4.69, 9.17) is 14.7 Å². The molecule has 0 amide bonds. The lowest BCUT2D eigenvalue weighted by atomic mass is 10.0. The predicted molar refractivity (Wildman–Crippen MR) is 161 cm³/mol. The van der Waals surface area contributed by atoms with Gasteiger partial charge in [0.25, 0.3) is 0 Å². The lowest BCUT2D eigenvalue weighted by Gasteiger charge is -2.36. The Kier molecular flexibility index (Phi) is 7.53. The fraction of sp³-hybridized carbons (Fsp3) is 0.312. The highest BCUT2D eigenvalue weighted by Crippen LogP contribution is 2.32. The molecule has 6 nitrogen and oxygen atoms in total. The number of aliphatic hydroxyl groups excluding tert-OH is 1. The second-order valence-electron chi connectivity index (χ2n) is 10.3. The molecule has 1 unspecified atom stereocenters. The number of benzene rings is 2. The maximum Gasteiger partial charge on any atom is 0.118 e. The zero-order valence-electron chi connectivity index (χ0n) is 22.2. The van der Waals surface area contributed by atoms with Gasteiger partial charge in [-0.05, 0) is 86.3 Å². The summed E-state index contributed by atoms with van der Waals surface area (Å²) >= 11 is 3.51. The lowest BCUT2D eigenvalue weighted by Crippen LogP contribution is -2.43. The number of hydrogen-bond acceptors (Lipinski definition) is 6. The van der Waals surface area contributed by atoms with E-state index < -0.39 is 6.10 Å². The van der Waals surface area contributed by atoms with Gasteiger partial charge in [-0.15, -0.1) is 0 Å². The van der Waals surface area contributed by atoms with E-state index in [9.17, 15) is 5.11 Å². The Morgan fingerprint density at radius 3 is 1.72 bits per heavy atom. The molecule has 39 heavy (non-hydrogen) atoms. The van der Waals surface area contributed by atoms with Crippen LogP contribution < -0.4 is 14.5 Å². The molecule has 1 atom stereocenters. The van der Waals surface area contributed by atoms with E-state index in [-0.39, 0.29) is 0 Å². The van der Waals surface area contributed by atoms with Crippen molar-refractivity contribution < 1.29 is 9.84 Å². The first-order chi connectivity index (χ1) is 19.1. The van der Waals surface area contributed by atoms with Crippen molar-refractivity contribution in [3.8, 4) is 28.3 Å². The normalized spacial score (nSPS) is 15.5. The maximum atomic E-state index is 11.2. The van der Waals surface area contributed by atoms with E-state index in [1.54, 1.807) is 7.11 Å². The standard InChI is InChI=1S/C32H33BrN4O2/c1-39-26-12-8-23(9-13-26)28-15-17-32-30(35-28)5-3-19-37(32)21-25(38)20-36-18-2-4-29-31(36)16-14-27(34-29)22-6-10-24(33)11-7-22/h6-17,25,38H,2-5,18-21H2,1H3. The van der Waals surface area contributed by atoms with E-state index in [1.807, 2.05) is 36.4 Å². The Balaban J connectivity index is 1.14. The summed E-state index contributed by atoms with van der Waals surface area (Å²) in [6.07, 6.45) is 3.52. The van der Waals surface area contributed by atoms with Gasteiger partial charge in [-0.1, -0.05) is 28.1 Å². The van der Waals surface area contributed by atoms with E-state index >= 15 is 0 Å². The number of fused-ring (bicyclic) bond motifs is 2. The topological polar surface area (TPSA) is 61.7 Å². The van der Waals surface area contributed by atoms with Gasteiger partial charge in [-0.3, -0.25) is 9.97 Å². The predicted octanol–water partition coefficient (Wildman–Crippen LogP) is 6.15. The lowest BCUT2D eigenvalue weighted by molar-refractivity contribution is 0.183. The average molecular weight is 586 g/mol. The molecule has 0 bridgehead atoms. The molecule has 0 spiro atoms. The third-order valence-electron chi connectivity index (χ3n) is 7.65. The number of aromatic nitrogens is 2. The van der Waals surface area contributed by atoms with E-state index in [0.29, 0.717) is 13.1 Å². The minimum absolute atomic E-state index is 0.477. The van der Waals surface area contributed by atoms with Crippen LogP contribution in [0.2, 0.25) is 0 Å². The number of pyridine rings is 2. The molecule has 2 aromatic heterocycles. The zero-order valence-corrected chi connectivity index (χ0v) is 23.8. The molecule has 0 radical (unpaired) electrons. The van der Waals surface area contributed by atoms with Gasteiger partial charge in [-0.2, -0.15) is 0 Å². The molecular formula is C32H33BrN4O2. The Morgan fingerprint density at radius 1 is 0.744 bits per heavy atom. The SMILES string of the molecule is COc1ccc(-c2ccc3c(n2)CCCN3CC(O)CN2CCCc3nc(-c4ccc(Br)cc4)ccc32)cc1. The minimum atomic E-state index is -0.477. The molecule has 2 aliphatic rings. The molecule has 6 rings (SSSR count). The molecular weight excluding hydrogens is 552 g/mol.